The van der Waals surface area contributed by atoms with Crippen molar-refractivity contribution in [1.29, 1.82) is 0 Å². The van der Waals surface area contributed by atoms with E-state index in [9.17, 15) is 0 Å². The summed E-state index contributed by atoms with van der Waals surface area (Å²) in [5.74, 6) is 0. The van der Waals surface area contributed by atoms with Crippen LogP contribution in [0.15, 0.2) is 207 Å². The first kappa shape index (κ1) is 33.8. The second-order valence-electron chi connectivity index (χ2n) is 16.7. The van der Waals surface area contributed by atoms with Crippen LogP contribution >= 0.6 is 0 Å². The number of para-hydroxylation sites is 1. The molecule has 9 aromatic rings. The van der Waals surface area contributed by atoms with Crippen molar-refractivity contribution in [1.82, 2.24) is 4.98 Å². The second-order valence-corrected chi connectivity index (χ2v) is 16.7. The van der Waals surface area contributed by atoms with Gasteiger partial charge in [-0.1, -0.05) is 166 Å². The summed E-state index contributed by atoms with van der Waals surface area (Å²) in [6, 6.07) is 72.4. The highest BCUT2D eigenvalue weighted by Crippen LogP contribution is 2.63. The van der Waals surface area contributed by atoms with Crippen LogP contribution in [0, 0.1) is 0 Å². The zero-order chi connectivity index (χ0) is 39.3. The van der Waals surface area contributed by atoms with Crippen molar-refractivity contribution in [3.05, 3.63) is 240 Å². The van der Waals surface area contributed by atoms with Crippen LogP contribution < -0.4 is 4.90 Å². The normalized spacial score (nSPS) is 14.2. The van der Waals surface area contributed by atoms with Gasteiger partial charge in [-0.3, -0.25) is 4.98 Å². The average molecular weight is 753 g/mol. The molecule has 1 heterocycles. The van der Waals surface area contributed by atoms with Gasteiger partial charge in [0, 0.05) is 40.3 Å². The molecule has 0 radical (unpaired) electrons. The van der Waals surface area contributed by atoms with Crippen molar-refractivity contribution in [2.75, 3.05) is 4.90 Å². The van der Waals surface area contributed by atoms with E-state index in [0.717, 1.165) is 39.3 Å². The molecule has 0 atom stereocenters. The molecular weight excluding hydrogens is 713 g/mol. The van der Waals surface area contributed by atoms with E-state index in [-0.39, 0.29) is 5.41 Å². The summed E-state index contributed by atoms with van der Waals surface area (Å²) in [5.41, 5.74) is 23.3. The molecule has 2 heteroatoms. The molecule has 8 aromatic carbocycles. The average Bonchev–Trinajstić information content (AvgIpc) is 3.85. The summed E-state index contributed by atoms with van der Waals surface area (Å²) < 4.78 is 0. The van der Waals surface area contributed by atoms with Crippen LogP contribution in [0.1, 0.15) is 47.2 Å². The van der Waals surface area contributed by atoms with E-state index >= 15 is 0 Å². The Balaban J connectivity index is 1.12. The number of anilines is 3. The molecule has 3 aliphatic rings. The first-order valence-electron chi connectivity index (χ1n) is 20.6. The SMILES string of the molecule is CC1(C)c2ccccc2-c2ccc(N(c3ccc4c(c3)C3(c5ccccc5-c5ccccc53)c3ccccc3-4)c3ccccc3-c3cccc(-c4cccnc4)c3)cc21. The van der Waals surface area contributed by atoms with Gasteiger partial charge in [0.2, 0.25) is 0 Å². The van der Waals surface area contributed by atoms with Gasteiger partial charge in [-0.2, -0.15) is 0 Å². The predicted octanol–water partition coefficient (Wildman–Crippen LogP) is 14.5. The van der Waals surface area contributed by atoms with Gasteiger partial charge >= 0.3 is 0 Å². The number of benzene rings is 8. The van der Waals surface area contributed by atoms with Gasteiger partial charge in [0.1, 0.15) is 0 Å². The Kier molecular flexibility index (Phi) is 7.22. The minimum absolute atomic E-state index is 0.147. The Morgan fingerprint density at radius 1 is 0.356 bits per heavy atom. The maximum atomic E-state index is 4.44. The van der Waals surface area contributed by atoms with Crippen LogP contribution in [0.2, 0.25) is 0 Å². The summed E-state index contributed by atoms with van der Waals surface area (Å²) in [6.45, 7) is 4.74. The first-order chi connectivity index (χ1) is 29.0. The zero-order valence-electron chi connectivity index (χ0n) is 33.0. The Morgan fingerprint density at radius 2 is 0.831 bits per heavy atom. The molecule has 0 saturated carbocycles. The Labute approximate surface area is 345 Å². The van der Waals surface area contributed by atoms with Crippen LogP contribution in [-0.4, -0.2) is 4.98 Å². The number of pyridine rings is 1. The van der Waals surface area contributed by atoms with E-state index in [1.807, 2.05) is 18.5 Å². The Hall–Kier alpha value is -7.29. The smallest absolute Gasteiger partial charge is 0.0726 e. The van der Waals surface area contributed by atoms with Crippen molar-refractivity contribution in [3.63, 3.8) is 0 Å². The Morgan fingerprint density at radius 3 is 1.44 bits per heavy atom. The molecule has 1 aromatic heterocycles. The maximum absolute atomic E-state index is 4.44. The largest absolute Gasteiger partial charge is 0.310 e. The van der Waals surface area contributed by atoms with Gasteiger partial charge in [-0.25, -0.2) is 0 Å². The molecule has 2 nitrogen and oxygen atoms in total. The van der Waals surface area contributed by atoms with Gasteiger partial charge in [0.25, 0.3) is 0 Å². The van der Waals surface area contributed by atoms with E-state index in [0.29, 0.717) is 0 Å². The third-order valence-electron chi connectivity index (χ3n) is 13.4. The zero-order valence-corrected chi connectivity index (χ0v) is 33.0. The summed E-state index contributed by atoms with van der Waals surface area (Å²) in [6.07, 6.45) is 3.78. The second kappa shape index (κ2) is 12.6. The lowest BCUT2D eigenvalue weighted by atomic mass is 9.70. The number of rotatable bonds is 5. The molecule has 0 amide bonds. The fraction of sp³-hybridized carbons (Fsp3) is 0.0702. The van der Waals surface area contributed by atoms with Crippen LogP contribution in [0.25, 0.3) is 55.6 Å². The lowest BCUT2D eigenvalue weighted by Gasteiger charge is -2.33. The third kappa shape index (κ3) is 4.72. The molecule has 0 fully saturated rings. The molecule has 3 aliphatic carbocycles. The standard InChI is InChI=1S/C57H40N2/c1-56(2)49-23-8-3-19-43(49)47-30-28-40(34-53(47)56)59(55-27-12-7-18-42(55)38-16-13-15-37(33-38)39-17-14-32-58-36-39)41-29-31-48-46-22-6-11-26-52(46)57(54(48)35-41)50-24-9-4-20-44(50)45-21-5-10-25-51(45)57/h3-36H,1-2H3. The molecule has 0 N–H and O–H groups in total. The highest BCUT2D eigenvalue weighted by molar-refractivity contribution is 5.97. The van der Waals surface area contributed by atoms with E-state index in [1.54, 1.807) is 0 Å². The van der Waals surface area contributed by atoms with Crippen LogP contribution in [-0.2, 0) is 10.8 Å². The minimum atomic E-state index is -0.445. The number of nitrogens with zero attached hydrogens (tertiary/aromatic N) is 2. The molecule has 0 unspecified atom stereocenters. The van der Waals surface area contributed by atoms with Crippen molar-refractivity contribution >= 4 is 17.1 Å². The van der Waals surface area contributed by atoms with E-state index in [1.165, 1.54) is 66.8 Å². The lowest BCUT2D eigenvalue weighted by Crippen LogP contribution is -2.26. The van der Waals surface area contributed by atoms with Crippen LogP contribution in [0.3, 0.4) is 0 Å². The van der Waals surface area contributed by atoms with E-state index < -0.39 is 5.41 Å². The molecule has 59 heavy (non-hydrogen) atoms. The first-order valence-corrected chi connectivity index (χ1v) is 20.6. The highest BCUT2D eigenvalue weighted by Gasteiger charge is 2.51. The van der Waals surface area contributed by atoms with Crippen LogP contribution in [0.4, 0.5) is 17.1 Å². The van der Waals surface area contributed by atoms with Crippen molar-refractivity contribution in [2.24, 2.45) is 0 Å². The fourth-order valence-electron chi connectivity index (χ4n) is 10.8. The summed E-state index contributed by atoms with van der Waals surface area (Å²) in [5, 5.41) is 0. The lowest BCUT2D eigenvalue weighted by molar-refractivity contribution is 0.660. The molecule has 0 aliphatic heterocycles. The summed E-state index contributed by atoms with van der Waals surface area (Å²) in [4.78, 5) is 6.95. The van der Waals surface area contributed by atoms with Crippen molar-refractivity contribution < 1.29 is 0 Å². The number of aromatic nitrogens is 1. The summed E-state index contributed by atoms with van der Waals surface area (Å²) in [7, 11) is 0. The van der Waals surface area contributed by atoms with Gasteiger partial charge in [0.15, 0.2) is 0 Å². The van der Waals surface area contributed by atoms with Gasteiger partial charge in [-0.15, -0.1) is 0 Å². The molecule has 0 saturated heterocycles. The molecule has 1 spiro atoms. The fourth-order valence-corrected chi connectivity index (χ4v) is 10.8. The van der Waals surface area contributed by atoms with E-state index in [4.69, 9.17) is 0 Å². The Bertz CT molecular complexity index is 3090. The number of hydrogen-bond acceptors (Lipinski definition) is 2. The molecular formula is C57H40N2. The quantitative estimate of drug-likeness (QED) is 0.174. The van der Waals surface area contributed by atoms with Gasteiger partial charge in [0.05, 0.1) is 11.1 Å². The molecule has 12 rings (SSSR count). The maximum Gasteiger partial charge on any atom is 0.0726 e. The van der Waals surface area contributed by atoms with Gasteiger partial charge < -0.3 is 4.90 Å². The topological polar surface area (TPSA) is 16.1 Å². The highest BCUT2D eigenvalue weighted by atomic mass is 15.1. The predicted molar refractivity (Wildman–Crippen MR) is 244 cm³/mol. The van der Waals surface area contributed by atoms with Gasteiger partial charge in [-0.05, 0) is 120 Å². The number of hydrogen-bond donors (Lipinski definition) is 0. The monoisotopic (exact) mass is 752 g/mol. The van der Waals surface area contributed by atoms with E-state index in [2.05, 4.69) is 212 Å². The van der Waals surface area contributed by atoms with Crippen molar-refractivity contribution in [2.45, 2.75) is 24.7 Å². The minimum Gasteiger partial charge on any atom is -0.310 e. The molecule has 278 valence electrons. The van der Waals surface area contributed by atoms with Crippen molar-refractivity contribution in [3.8, 4) is 55.6 Å². The van der Waals surface area contributed by atoms with Crippen LogP contribution in [0.5, 0.6) is 0 Å². The molecule has 0 bridgehead atoms. The summed E-state index contributed by atoms with van der Waals surface area (Å²) >= 11 is 0. The third-order valence-corrected chi connectivity index (χ3v) is 13.4. The number of fused-ring (bicyclic) bond motifs is 13.